The molecule has 0 aliphatic carbocycles. The van der Waals surface area contributed by atoms with Gasteiger partial charge in [-0.1, -0.05) is 23.4 Å². The molecule has 3 rings (SSSR count). The molecule has 0 amide bonds. The van der Waals surface area contributed by atoms with E-state index in [0.29, 0.717) is 11.3 Å². The zero-order valence-electron chi connectivity index (χ0n) is 10.4. The van der Waals surface area contributed by atoms with E-state index in [1.807, 2.05) is 30.3 Å². The molecule has 0 aliphatic rings. The Hall–Kier alpha value is -2.82. The summed E-state index contributed by atoms with van der Waals surface area (Å²) in [5.74, 6) is -0.630. The van der Waals surface area contributed by atoms with E-state index < -0.39 is 0 Å². The van der Waals surface area contributed by atoms with E-state index >= 15 is 0 Å². The second-order valence-corrected chi connectivity index (χ2v) is 4.20. The van der Waals surface area contributed by atoms with Crippen molar-refractivity contribution in [1.82, 2.24) is 15.0 Å². The first-order valence-electron chi connectivity index (χ1n) is 6.02. The molecule has 1 aromatic heterocycles. The number of para-hydroxylation sites is 1. The largest absolute Gasteiger partial charge is 0.287 e. The van der Waals surface area contributed by atoms with Gasteiger partial charge in [-0.25, -0.2) is 9.07 Å². The SMILES string of the molecule is O=C(c1ccc(F)cc1)c1cnnn1-c1ccccc1. The third-order valence-corrected chi connectivity index (χ3v) is 2.89. The van der Waals surface area contributed by atoms with Crippen molar-refractivity contribution >= 4 is 5.78 Å². The van der Waals surface area contributed by atoms with Crippen LogP contribution in [0.3, 0.4) is 0 Å². The van der Waals surface area contributed by atoms with Crippen molar-refractivity contribution in [2.75, 3.05) is 0 Å². The van der Waals surface area contributed by atoms with Crippen LogP contribution in [0.5, 0.6) is 0 Å². The summed E-state index contributed by atoms with van der Waals surface area (Å²) in [4.78, 5) is 12.4. The number of aromatic nitrogens is 3. The summed E-state index contributed by atoms with van der Waals surface area (Å²) in [6, 6.07) is 14.6. The summed E-state index contributed by atoms with van der Waals surface area (Å²) in [6.45, 7) is 0. The molecule has 0 fully saturated rings. The summed E-state index contributed by atoms with van der Waals surface area (Å²) in [7, 11) is 0. The number of ketones is 1. The fourth-order valence-corrected chi connectivity index (χ4v) is 1.90. The van der Waals surface area contributed by atoms with Crippen LogP contribution >= 0.6 is 0 Å². The molecule has 2 aromatic carbocycles. The van der Waals surface area contributed by atoms with Gasteiger partial charge in [0.25, 0.3) is 0 Å². The molecule has 20 heavy (non-hydrogen) atoms. The van der Waals surface area contributed by atoms with E-state index in [0.717, 1.165) is 5.69 Å². The molecule has 0 aliphatic heterocycles. The van der Waals surface area contributed by atoms with Crippen molar-refractivity contribution in [3.8, 4) is 5.69 Å². The fourth-order valence-electron chi connectivity index (χ4n) is 1.90. The van der Waals surface area contributed by atoms with Gasteiger partial charge in [-0.2, -0.15) is 0 Å². The normalized spacial score (nSPS) is 10.4. The lowest BCUT2D eigenvalue weighted by Crippen LogP contribution is -2.10. The Morgan fingerprint density at radius 2 is 1.70 bits per heavy atom. The van der Waals surface area contributed by atoms with Gasteiger partial charge < -0.3 is 0 Å². The van der Waals surface area contributed by atoms with E-state index in [1.54, 1.807) is 0 Å². The van der Waals surface area contributed by atoms with Crippen LogP contribution < -0.4 is 0 Å². The molecule has 5 heteroatoms. The number of nitrogens with zero attached hydrogens (tertiary/aromatic N) is 3. The molecule has 98 valence electrons. The molecule has 0 saturated carbocycles. The van der Waals surface area contributed by atoms with Crippen molar-refractivity contribution < 1.29 is 9.18 Å². The number of hydrogen-bond acceptors (Lipinski definition) is 3. The number of benzene rings is 2. The Morgan fingerprint density at radius 1 is 1.00 bits per heavy atom. The average molecular weight is 267 g/mol. The molecule has 3 aromatic rings. The Bertz CT molecular complexity index is 735. The van der Waals surface area contributed by atoms with Gasteiger partial charge >= 0.3 is 0 Å². The summed E-state index contributed by atoms with van der Waals surface area (Å²) < 4.78 is 14.4. The summed E-state index contributed by atoms with van der Waals surface area (Å²) in [5.41, 5.74) is 1.48. The van der Waals surface area contributed by atoms with Crippen molar-refractivity contribution in [2.24, 2.45) is 0 Å². The Labute approximate surface area is 114 Å². The first kappa shape index (κ1) is 12.2. The van der Waals surface area contributed by atoms with Gasteiger partial charge in [0.1, 0.15) is 11.5 Å². The van der Waals surface area contributed by atoms with Gasteiger partial charge in [0.2, 0.25) is 5.78 Å². The zero-order chi connectivity index (χ0) is 13.9. The van der Waals surface area contributed by atoms with Crippen LogP contribution in [0, 0.1) is 5.82 Å². The van der Waals surface area contributed by atoms with Gasteiger partial charge in [0, 0.05) is 5.56 Å². The van der Waals surface area contributed by atoms with Crippen LogP contribution in [0.25, 0.3) is 5.69 Å². The second kappa shape index (κ2) is 5.05. The predicted octanol–water partition coefficient (Wildman–Crippen LogP) is 2.64. The maximum Gasteiger partial charge on any atom is 0.213 e. The first-order chi connectivity index (χ1) is 9.75. The number of rotatable bonds is 3. The number of hydrogen-bond donors (Lipinski definition) is 0. The third kappa shape index (κ3) is 2.21. The van der Waals surface area contributed by atoms with E-state index in [-0.39, 0.29) is 11.6 Å². The summed E-state index contributed by atoms with van der Waals surface area (Å²) >= 11 is 0. The summed E-state index contributed by atoms with van der Waals surface area (Å²) in [5, 5.41) is 7.70. The Balaban J connectivity index is 2.02. The minimum atomic E-state index is -0.378. The standard InChI is InChI=1S/C15H10FN3O/c16-12-8-6-11(7-9-12)15(20)14-10-17-18-19(14)13-4-2-1-3-5-13/h1-10H. The topological polar surface area (TPSA) is 47.8 Å². The van der Waals surface area contributed by atoms with Crippen LogP contribution in [0.15, 0.2) is 60.8 Å². The molecule has 0 saturated heterocycles. The highest BCUT2D eigenvalue weighted by Gasteiger charge is 2.16. The van der Waals surface area contributed by atoms with Crippen molar-refractivity contribution in [1.29, 1.82) is 0 Å². The molecule has 0 bridgehead atoms. The molecule has 0 unspecified atom stereocenters. The Kier molecular flexibility index (Phi) is 3.09. The Morgan fingerprint density at radius 3 is 2.40 bits per heavy atom. The molecule has 0 atom stereocenters. The fraction of sp³-hybridized carbons (Fsp3) is 0. The zero-order valence-corrected chi connectivity index (χ0v) is 10.4. The highest BCUT2D eigenvalue weighted by molar-refractivity contribution is 6.07. The number of carbonyl (C=O) groups is 1. The average Bonchev–Trinajstić information content (AvgIpc) is 2.97. The first-order valence-corrected chi connectivity index (χ1v) is 6.02. The van der Waals surface area contributed by atoms with Crippen LogP contribution in [-0.2, 0) is 0 Å². The number of carbonyl (C=O) groups excluding carboxylic acids is 1. The van der Waals surface area contributed by atoms with Gasteiger partial charge in [-0.05, 0) is 36.4 Å². The maximum absolute atomic E-state index is 12.9. The molecule has 0 spiro atoms. The van der Waals surface area contributed by atoms with E-state index in [9.17, 15) is 9.18 Å². The molecule has 1 heterocycles. The van der Waals surface area contributed by atoms with Gasteiger partial charge in [0.15, 0.2) is 0 Å². The van der Waals surface area contributed by atoms with Crippen molar-refractivity contribution in [3.63, 3.8) is 0 Å². The van der Waals surface area contributed by atoms with Crippen LogP contribution in [-0.4, -0.2) is 20.8 Å². The monoisotopic (exact) mass is 267 g/mol. The van der Waals surface area contributed by atoms with Crippen LogP contribution in [0.4, 0.5) is 4.39 Å². The van der Waals surface area contributed by atoms with Crippen LogP contribution in [0.1, 0.15) is 16.1 Å². The minimum absolute atomic E-state index is 0.251. The van der Waals surface area contributed by atoms with Crippen molar-refractivity contribution in [3.05, 3.63) is 77.9 Å². The highest BCUT2D eigenvalue weighted by Crippen LogP contribution is 2.13. The third-order valence-electron chi connectivity index (χ3n) is 2.89. The maximum atomic E-state index is 12.9. The molecule has 0 N–H and O–H groups in total. The van der Waals surface area contributed by atoms with Gasteiger partial charge in [-0.15, -0.1) is 5.10 Å². The molecular formula is C15H10FN3O. The summed E-state index contributed by atoms with van der Waals surface area (Å²) in [6.07, 6.45) is 1.40. The minimum Gasteiger partial charge on any atom is -0.287 e. The molecule has 4 nitrogen and oxygen atoms in total. The number of halogens is 1. The lowest BCUT2D eigenvalue weighted by Gasteiger charge is -2.05. The van der Waals surface area contributed by atoms with Crippen molar-refractivity contribution in [2.45, 2.75) is 0 Å². The lowest BCUT2D eigenvalue weighted by atomic mass is 10.1. The smallest absolute Gasteiger partial charge is 0.213 e. The molecular weight excluding hydrogens is 257 g/mol. The van der Waals surface area contributed by atoms with E-state index in [1.165, 1.54) is 35.1 Å². The van der Waals surface area contributed by atoms with E-state index in [4.69, 9.17) is 0 Å². The second-order valence-electron chi connectivity index (χ2n) is 4.20. The van der Waals surface area contributed by atoms with Crippen LogP contribution in [0.2, 0.25) is 0 Å². The quantitative estimate of drug-likeness (QED) is 0.685. The van der Waals surface area contributed by atoms with E-state index in [2.05, 4.69) is 10.3 Å². The highest BCUT2D eigenvalue weighted by atomic mass is 19.1. The molecule has 0 radical (unpaired) electrons. The lowest BCUT2D eigenvalue weighted by molar-refractivity contribution is 0.103. The van der Waals surface area contributed by atoms with Gasteiger partial charge in [-0.3, -0.25) is 4.79 Å². The van der Waals surface area contributed by atoms with Gasteiger partial charge in [0.05, 0.1) is 11.9 Å². The predicted molar refractivity (Wildman–Crippen MR) is 71.2 cm³/mol.